The molecule has 84 valence electrons. The van der Waals surface area contributed by atoms with Crippen LogP contribution in [0.15, 0.2) is 17.2 Å². The van der Waals surface area contributed by atoms with E-state index in [4.69, 9.17) is 0 Å². The quantitative estimate of drug-likeness (QED) is 0.700. The second-order valence-corrected chi connectivity index (χ2v) is 3.82. The number of carbonyl (C=O) groups is 1. The smallest absolute Gasteiger partial charge is 0.277 e. The summed E-state index contributed by atoms with van der Waals surface area (Å²) in [4.78, 5) is 32.2. The molecule has 0 unspecified atom stereocenters. The first-order chi connectivity index (χ1) is 7.58. The van der Waals surface area contributed by atoms with Gasteiger partial charge in [-0.05, 0) is 0 Å². The van der Waals surface area contributed by atoms with Crippen LogP contribution in [0.25, 0.3) is 11.0 Å². The van der Waals surface area contributed by atoms with Crippen LogP contribution in [-0.2, 0) is 4.79 Å². The molecule has 0 fully saturated rings. The standard InChI is InChI=1S/C10H12N4O2/c1-5(2)9(15)13-7-3-6-8(10(16)14-7)12-4-11-6/h3-5H,1-2H3,(H,11,12)(H2,13,14,15,16). The molecular formula is C10H12N4O2. The number of pyridine rings is 1. The SMILES string of the molecule is CC(C)C(=O)Nc1cc2[nH]cnc2c(=O)[nH]1. The van der Waals surface area contributed by atoms with Crippen molar-refractivity contribution in [2.24, 2.45) is 5.92 Å². The van der Waals surface area contributed by atoms with Crippen molar-refractivity contribution < 1.29 is 4.79 Å². The number of anilines is 1. The van der Waals surface area contributed by atoms with E-state index in [1.54, 1.807) is 19.9 Å². The van der Waals surface area contributed by atoms with Crippen molar-refractivity contribution in [1.82, 2.24) is 15.0 Å². The molecule has 2 aromatic heterocycles. The van der Waals surface area contributed by atoms with Gasteiger partial charge >= 0.3 is 0 Å². The van der Waals surface area contributed by atoms with Crippen LogP contribution in [0.2, 0.25) is 0 Å². The molecule has 0 aromatic carbocycles. The van der Waals surface area contributed by atoms with E-state index < -0.39 is 0 Å². The van der Waals surface area contributed by atoms with Gasteiger partial charge in [-0.3, -0.25) is 9.59 Å². The van der Waals surface area contributed by atoms with E-state index in [2.05, 4.69) is 20.3 Å². The molecule has 0 saturated heterocycles. The molecular weight excluding hydrogens is 208 g/mol. The number of H-pyrrole nitrogens is 2. The topological polar surface area (TPSA) is 90.6 Å². The van der Waals surface area contributed by atoms with Crippen molar-refractivity contribution in [2.75, 3.05) is 5.32 Å². The van der Waals surface area contributed by atoms with Crippen molar-refractivity contribution in [2.45, 2.75) is 13.8 Å². The number of nitrogens with zero attached hydrogens (tertiary/aromatic N) is 1. The Morgan fingerprint density at radius 2 is 2.25 bits per heavy atom. The van der Waals surface area contributed by atoms with Crippen molar-refractivity contribution in [3.8, 4) is 0 Å². The van der Waals surface area contributed by atoms with Gasteiger partial charge in [0.25, 0.3) is 5.56 Å². The lowest BCUT2D eigenvalue weighted by Gasteiger charge is -2.06. The number of carbonyl (C=O) groups excluding carboxylic acids is 1. The Morgan fingerprint density at radius 1 is 1.50 bits per heavy atom. The number of hydrogen-bond donors (Lipinski definition) is 3. The van der Waals surface area contributed by atoms with E-state index in [1.807, 2.05) is 0 Å². The molecule has 2 rings (SSSR count). The van der Waals surface area contributed by atoms with Crippen LogP contribution in [0.3, 0.4) is 0 Å². The second-order valence-electron chi connectivity index (χ2n) is 3.82. The first-order valence-corrected chi connectivity index (χ1v) is 4.95. The number of imidazole rings is 1. The summed E-state index contributed by atoms with van der Waals surface area (Å²) in [5.41, 5.74) is 0.614. The molecule has 0 radical (unpaired) electrons. The zero-order chi connectivity index (χ0) is 11.7. The largest absolute Gasteiger partial charge is 0.344 e. The minimum Gasteiger partial charge on any atom is -0.344 e. The summed E-state index contributed by atoms with van der Waals surface area (Å²) in [7, 11) is 0. The highest BCUT2D eigenvalue weighted by Gasteiger charge is 2.09. The van der Waals surface area contributed by atoms with Crippen LogP contribution in [0, 0.1) is 5.92 Å². The maximum absolute atomic E-state index is 11.5. The second kappa shape index (κ2) is 3.80. The van der Waals surface area contributed by atoms with Crippen LogP contribution in [0.4, 0.5) is 5.82 Å². The van der Waals surface area contributed by atoms with Gasteiger partial charge in [-0.1, -0.05) is 13.8 Å². The monoisotopic (exact) mass is 220 g/mol. The average molecular weight is 220 g/mol. The molecule has 0 spiro atoms. The maximum Gasteiger partial charge on any atom is 0.277 e. The Bertz CT molecular complexity index is 582. The van der Waals surface area contributed by atoms with Gasteiger partial charge < -0.3 is 15.3 Å². The third kappa shape index (κ3) is 1.81. The number of amides is 1. The lowest BCUT2D eigenvalue weighted by Crippen LogP contribution is -2.20. The van der Waals surface area contributed by atoms with Gasteiger partial charge in [0, 0.05) is 12.0 Å². The minimum atomic E-state index is -0.321. The molecule has 16 heavy (non-hydrogen) atoms. The molecule has 2 heterocycles. The molecule has 6 nitrogen and oxygen atoms in total. The molecule has 6 heteroatoms. The highest BCUT2D eigenvalue weighted by molar-refractivity contribution is 5.92. The molecule has 3 N–H and O–H groups in total. The van der Waals surface area contributed by atoms with E-state index >= 15 is 0 Å². The maximum atomic E-state index is 11.5. The molecule has 0 bridgehead atoms. The number of hydrogen-bond acceptors (Lipinski definition) is 3. The highest BCUT2D eigenvalue weighted by atomic mass is 16.2. The van der Waals surface area contributed by atoms with Crippen molar-refractivity contribution in [1.29, 1.82) is 0 Å². The van der Waals surface area contributed by atoms with Gasteiger partial charge in [0.15, 0.2) is 5.52 Å². The number of rotatable bonds is 2. The van der Waals surface area contributed by atoms with Crippen molar-refractivity contribution in [3.63, 3.8) is 0 Å². The lowest BCUT2D eigenvalue weighted by atomic mass is 10.2. The molecule has 1 amide bonds. The van der Waals surface area contributed by atoms with Crippen LogP contribution >= 0.6 is 0 Å². The van der Waals surface area contributed by atoms with E-state index in [0.29, 0.717) is 16.9 Å². The summed E-state index contributed by atoms with van der Waals surface area (Å²) < 4.78 is 0. The number of nitrogens with one attached hydrogen (secondary N) is 3. The van der Waals surface area contributed by atoms with E-state index in [0.717, 1.165) is 0 Å². The summed E-state index contributed by atoms with van der Waals surface area (Å²) in [6.07, 6.45) is 1.44. The van der Waals surface area contributed by atoms with E-state index in [-0.39, 0.29) is 17.4 Å². The minimum absolute atomic E-state index is 0.138. The summed E-state index contributed by atoms with van der Waals surface area (Å²) in [6, 6.07) is 1.64. The lowest BCUT2D eigenvalue weighted by molar-refractivity contribution is -0.118. The summed E-state index contributed by atoms with van der Waals surface area (Å²) >= 11 is 0. The van der Waals surface area contributed by atoms with Crippen LogP contribution in [-0.4, -0.2) is 20.9 Å². The Kier molecular flexibility index (Phi) is 2.47. The highest BCUT2D eigenvalue weighted by Crippen LogP contribution is 2.09. The Labute approximate surface area is 91.1 Å². The number of aromatic nitrogens is 3. The van der Waals surface area contributed by atoms with Gasteiger partial charge in [-0.2, -0.15) is 0 Å². The Balaban J connectivity index is 2.39. The predicted octanol–water partition coefficient (Wildman–Crippen LogP) is 0.846. The molecule has 0 aliphatic carbocycles. The van der Waals surface area contributed by atoms with Gasteiger partial charge in [-0.15, -0.1) is 0 Å². The van der Waals surface area contributed by atoms with E-state index in [1.165, 1.54) is 6.33 Å². The molecule has 0 aliphatic heterocycles. The fraction of sp³-hybridized carbons (Fsp3) is 0.300. The first kappa shape index (κ1) is 10.4. The zero-order valence-corrected chi connectivity index (χ0v) is 9.00. The fourth-order valence-electron chi connectivity index (χ4n) is 1.30. The first-order valence-electron chi connectivity index (χ1n) is 4.95. The van der Waals surface area contributed by atoms with Crippen LogP contribution in [0.1, 0.15) is 13.8 Å². The molecule has 0 aliphatic rings. The third-order valence-corrected chi connectivity index (χ3v) is 2.20. The molecule has 0 saturated carbocycles. The molecule has 0 atom stereocenters. The van der Waals surface area contributed by atoms with Gasteiger partial charge in [0.05, 0.1) is 11.8 Å². The van der Waals surface area contributed by atoms with Gasteiger partial charge in [-0.25, -0.2) is 4.98 Å². The normalized spacial score (nSPS) is 10.9. The predicted molar refractivity (Wildman–Crippen MR) is 60.2 cm³/mol. The Morgan fingerprint density at radius 3 is 2.94 bits per heavy atom. The van der Waals surface area contributed by atoms with Crippen LogP contribution < -0.4 is 10.9 Å². The summed E-state index contributed by atoms with van der Waals surface area (Å²) in [5, 5.41) is 2.62. The van der Waals surface area contributed by atoms with Gasteiger partial charge in [0.1, 0.15) is 5.82 Å². The summed E-state index contributed by atoms with van der Waals surface area (Å²) in [5.74, 6) is 0.0935. The van der Waals surface area contributed by atoms with Crippen molar-refractivity contribution in [3.05, 3.63) is 22.7 Å². The number of aromatic amines is 2. The third-order valence-electron chi connectivity index (χ3n) is 2.20. The Hall–Kier alpha value is -2.11. The fourth-order valence-corrected chi connectivity index (χ4v) is 1.30. The van der Waals surface area contributed by atoms with Crippen molar-refractivity contribution >= 4 is 22.8 Å². The summed E-state index contributed by atoms with van der Waals surface area (Å²) in [6.45, 7) is 3.56. The number of fused-ring (bicyclic) bond motifs is 1. The average Bonchev–Trinajstić information content (AvgIpc) is 2.65. The molecule has 2 aromatic rings. The zero-order valence-electron chi connectivity index (χ0n) is 9.00. The van der Waals surface area contributed by atoms with Gasteiger partial charge in [0.2, 0.25) is 5.91 Å². The van der Waals surface area contributed by atoms with E-state index in [9.17, 15) is 9.59 Å². The van der Waals surface area contributed by atoms with Crippen LogP contribution in [0.5, 0.6) is 0 Å².